The third-order valence-electron chi connectivity index (χ3n) is 14.3. The Labute approximate surface area is 403 Å². The number of methoxy groups -OCH3 is 1. The Morgan fingerprint density at radius 3 is 2.35 bits per heavy atom. The summed E-state index contributed by atoms with van der Waals surface area (Å²) in [6.07, 6.45) is 10.4. The summed E-state index contributed by atoms with van der Waals surface area (Å²) in [4.78, 5) is 74.8. The molecule has 14 nitrogen and oxygen atoms in total. The van der Waals surface area contributed by atoms with E-state index >= 15 is 0 Å². The lowest BCUT2D eigenvalue weighted by Gasteiger charge is -2.33. The Hall–Kier alpha value is -6.80. The van der Waals surface area contributed by atoms with Gasteiger partial charge in [-0.1, -0.05) is 112 Å². The molecule has 2 aliphatic carbocycles. The number of hydrogen-bond donors (Lipinski definition) is 4. The number of benzene rings is 4. The summed E-state index contributed by atoms with van der Waals surface area (Å²) >= 11 is 0. The number of nitrogens with zero attached hydrogens (tertiary/aromatic N) is 4. The van der Waals surface area contributed by atoms with Gasteiger partial charge in [-0.15, -0.1) is 0 Å². The monoisotopic (exact) mass is 932 g/mol. The third-order valence-corrected chi connectivity index (χ3v) is 14.3. The van der Waals surface area contributed by atoms with Crippen molar-refractivity contribution in [2.24, 2.45) is 23.7 Å². The number of carbonyl (C=O) groups excluding carboxylic acids is 4. The molecule has 2 aromatic heterocycles. The van der Waals surface area contributed by atoms with Gasteiger partial charge in [0.25, 0.3) is 0 Å². The predicted molar refractivity (Wildman–Crippen MR) is 266 cm³/mol. The minimum atomic E-state index is -0.801. The first-order chi connectivity index (χ1) is 33.5. The van der Waals surface area contributed by atoms with E-state index in [1.165, 1.54) is 7.11 Å². The maximum Gasteiger partial charge on any atom is 0.407 e. The van der Waals surface area contributed by atoms with Crippen molar-refractivity contribution >= 4 is 45.6 Å². The minimum Gasteiger partial charge on any atom is -0.453 e. The van der Waals surface area contributed by atoms with E-state index < -0.39 is 18.2 Å². The number of H-pyrrole nitrogens is 2. The Balaban J connectivity index is 0.935. The second-order valence-corrected chi connectivity index (χ2v) is 19.2. The van der Waals surface area contributed by atoms with Crippen molar-refractivity contribution in [1.82, 2.24) is 40.4 Å². The van der Waals surface area contributed by atoms with Gasteiger partial charge in [0.2, 0.25) is 17.7 Å². The molecule has 0 bridgehead atoms. The summed E-state index contributed by atoms with van der Waals surface area (Å²) < 4.78 is 11.1. The molecule has 14 heteroatoms. The highest BCUT2D eigenvalue weighted by Crippen LogP contribution is 2.40. The van der Waals surface area contributed by atoms with E-state index in [1.54, 1.807) is 11.1 Å². The van der Waals surface area contributed by atoms with Crippen molar-refractivity contribution in [2.75, 3.05) is 33.4 Å². The van der Waals surface area contributed by atoms with Crippen molar-refractivity contribution in [3.05, 3.63) is 120 Å². The van der Waals surface area contributed by atoms with Crippen molar-refractivity contribution < 1.29 is 28.7 Å². The first-order valence-electron chi connectivity index (χ1n) is 24.7. The summed E-state index contributed by atoms with van der Waals surface area (Å²) in [6.45, 7) is 10.1. The number of amides is 4. The molecule has 0 spiro atoms. The van der Waals surface area contributed by atoms with Gasteiger partial charge in [0.15, 0.2) is 0 Å². The van der Waals surface area contributed by atoms with Gasteiger partial charge in [-0.25, -0.2) is 14.8 Å². The summed E-state index contributed by atoms with van der Waals surface area (Å²) in [5, 5.41) is 7.92. The van der Waals surface area contributed by atoms with Gasteiger partial charge in [0.05, 0.1) is 55.3 Å². The smallest absolute Gasteiger partial charge is 0.407 e. The number of rotatable bonds is 19. The number of alkyl carbamates (subject to hydrolysis) is 1. The van der Waals surface area contributed by atoms with Gasteiger partial charge in [-0.05, 0) is 84.7 Å². The molecule has 3 aliphatic rings. The van der Waals surface area contributed by atoms with Gasteiger partial charge < -0.3 is 39.9 Å². The van der Waals surface area contributed by atoms with Crippen molar-refractivity contribution in [3.63, 3.8) is 0 Å². The van der Waals surface area contributed by atoms with Crippen LogP contribution in [-0.2, 0) is 23.9 Å². The highest BCUT2D eigenvalue weighted by Gasteiger charge is 2.43. The summed E-state index contributed by atoms with van der Waals surface area (Å²) in [5.74, 6) is 1.43. The summed E-state index contributed by atoms with van der Waals surface area (Å²) in [5.41, 5.74) is 6.39. The highest BCUT2D eigenvalue weighted by atomic mass is 16.5. The SMILES string of the molecule is CCCN(C(=O)[C@@H](NC(=O)OC)[C@@H](C)CC)[C@@H](C)c1ncc(-c2ccc(-c3ccc4c(ccc5[nH]c([C@@H]6C[C@H](COCC7C=CC7)CN6C(=O)[C@H](NC(=O)C6CC6)c6ccccc6)nc54)c3)cc2)[nH]1. The highest BCUT2D eigenvalue weighted by molar-refractivity contribution is 6.05. The molecule has 69 heavy (non-hydrogen) atoms. The molecule has 2 fully saturated rings. The lowest BCUT2D eigenvalue weighted by atomic mass is 9.96. The van der Waals surface area contributed by atoms with Crippen LogP contribution < -0.4 is 10.6 Å². The molecule has 4 N–H and O–H groups in total. The van der Waals surface area contributed by atoms with Crippen LogP contribution in [0.3, 0.4) is 0 Å². The van der Waals surface area contributed by atoms with Crippen LogP contribution in [0.4, 0.5) is 4.79 Å². The Bertz CT molecular complexity index is 2820. The third kappa shape index (κ3) is 10.3. The van der Waals surface area contributed by atoms with Crippen LogP contribution in [0.5, 0.6) is 0 Å². The Morgan fingerprint density at radius 1 is 0.899 bits per heavy atom. The zero-order chi connectivity index (χ0) is 48.2. The van der Waals surface area contributed by atoms with E-state index in [4.69, 9.17) is 19.4 Å². The van der Waals surface area contributed by atoms with E-state index in [1.807, 2.05) is 62.9 Å². The Kier molecular flexibility index (Phi) is 14.3. The van der Waals surface area contributed by atoms with E-state index in [0.29, 0.717) is 50.9 Å². The van der Waals surface area contributed by atoms with E-state index in [0.717, 1.165) is 81.3 Å². The van der Waals surface area contributed by atoms with Crippen LogP contribution in [0.2, 0.25) is 0 Å². The molecular formula is C55H64N8O6. The first-order valence-corrected chi connectivity index (χ1v) is 24.7. The maximum atomic E-state index is 14.8. The molecule has 0 radical (unpaired) electrons. The number of carbonyl (C=O) groups is 4. The summed E-state index contributed by atoms with van der Waals surface area (Å²) in [6, 6.07) is 26.2. The fraction of sp³-hybridized carbons (Fsp3) is 0.418. The van der Waals surface area contributed by atoms with Gasteiger partial charge in [-0.2, -0.15) is 0 Å². The van der Waals surface area contributed by atoms with Gasteiger partial charge in [0, 0.05) is 36.2 Å². The number of likely N-dealkylation sites (tertiary alicyclic amines) is 1. The first kappa shape index (κ1) is 47.3. The molecule has 9 rings (SSSR count). The number of aromatic amines is 2. The van der Waals surface area contributed by atoms with Crippen molar-refractivity contribution in [2.45, 2.75) is 90.4 Å². The van der Waals surface area contributed by atoms with Crippen LogP contribution in [-0.4, -0.2) is 93.0 Å². The average molecular weight is 933 g/mol. The second kappa shape index (κ2) is 20.8. The largest absolute Gasteiger partial charge is 0.453 e. The number of nitrogens with one attached hydrogen (secondary N) is 4. The van der Waals surface area contributed by atoms with E-state index in [2.05, 4.69) is 87.4 Å². The molecule has 360 valence electrons. The average Bonchev–Trinajstić information content (AvgIpc) is 3.71. The van der Waals surface area contributed by atoms with Gasteiger partial charge >= 0.3 is 6.09 Å². The molecule has 3 heterocycles. The summed E-state index contributed by atoms with van der Waals surface area (Å²) in [7, 11) is 1.30. The second-order valence-electron chi connectivity index (χ2n) is 19.2. The molecular weight excluding hydrogens is 869 g/mol. The fourth-order valence-electron chi connectivity index (χ4n) is 9.72. The van der Waals surface area contributed by atoms with Crippen molar-refractivity contribution in [1.29, 1.82) is 0 Å². The molecule has 1 aliphatic heterocycles. The lowest BCUT2D eigenvalue weighted by molar-refractivity contribution is -0.138. The maximum absolute atomic E-state index is 14.8. The molecule has 6 aromatic rings. The van der Waals surface area contributed by atoms with E-state index in [-0.39, 0.29) is 47.6 Å². The van der Waals surface area contributed by atoms with Crippen LogP contribution in [0, 0.1) is 23.7 Å². The predicted octanol–water partition coefficient (Wildman–Crippen LogP) is 9.59. The molecule has 1 unspecified atom stereocenters. The number of imidazole rings is 2. The number of hydrogen-bond acceptors (Lipinski definition) is 8. The number of fused-ring (bicyclic) bond motifs is 3. The topological polar surface area (TPSA) is 175 Å². The van der Waals surface area contributed by atoms with Crippen LogP contribution in [0.25, 0.3) is 44.2 Å². The van der Waals surface area contributed by atoms with E-state index in [9.17, 15) is 19.2 Å². The van der Waals surface area contributed by atoms with Crippen LogP contribution >= 0.6 is 0 Å². The molecule has 7 atom stereocenters. The standard InChI is InChI=1S/C55H64N8O6/c1-6-26-62(53(65)47(33(3)7-2)61-55(67)68-5)34(4)50-56-29-45(58-50)38-18-16-37(17-19-38)41-22-24-43-42(28-41)23-25-44-49(43)59-51(57-44)46-27-36(32-69-31-35-12-11-13-35)30-63(46)54(66)48(39-14-9-8-10-15-39)60-52(64)40-20-21-40/h8-12,14-19,22-25,28-29,33-36,40,46-48H,6-7,13,20-21,26-27,30-32H2,1-5H3,(H,56,58)(H,57,59)(H,60,64)(H,61,67)/t33-,34-,35?,36-,46-,47-,48+/m0/s1. The zero-order valence-corrected chi connectivity index (χ0v) is 40.2. The number of ether oxygens (including phenoxy) is 2. The van der Waals surface area contributed by atoms with Crippen molar-refractivity contribution in [3.8, 4) is 22.4 Å². The normalized spacial score (nSPS) is 19.4. The number of allylic oxidation sites excluding steroid dienone is 1. The number of aromatic nitrogens is 4. The van der Waals surface area contributed by atoms with Crippen LogP contribution in [0.1, 0.15) is 102 Å². The molecule has 4 amide bonds. The molecule has 1 saturated carbocycles. The lowest BCUT2D eigenvalue weighted by Crippen LogP contribution is -2.52. The zero-order valence-electron chi connectivity index (χ0n) is 40.2. The Morgan fingerprint density at radius 2 is 1.65 bits per heavy atom. The molecule has 4 aromatic carbocycles. The van der Waals surface area contributed by atoms with Gasteiger partial charge in [0.1, 0.15) is 23.7 Å². The van der Waals surface area contributed by atoms with Crippen LogP contribution in [0.15, 0.2) is 103 Å². The quantitative estimate of drug-likeness (QED) is 0.0581. The molecule has 1 saturated heterocycles. The van der Waals surface area contributed by atoms with Gasteiger partial charge in [-0.3, -0.25) is 14.4 Å². The minimum absolute atomic E-state index is 0.0366. The fourth-order valence-corrected chi connectivity index (χ4v) is 9.72.